The SMILES string of the molecule is COC(=O)C1(c2ccc(OC)cc2)OC(=O)CC1O. The molecule has 1 heterocycles. The summed E-state index contributed by atoms with van der Waals surface area (Å²) in [5, 5.41) is 10.0. The molecule has 0 saturated carbocycles. The molecule has 1 aliphatic rings. The van der Waals surface area contributed by atoms with Crippen LogP contribution in [0.2, 0.25) is 0 Å². The van der Waals surface area contributed by atoms with Crippen molar-refractivity contribution in [2.24, 2.45) is 0 Å². The maximum atomic E-state index is 12.0. The molecule has 0 amide bonds. The van der Waals surface area contributed by atoms with Crippen LogP contribution in [0.15, 0.2) is 24.3 Å². The van der Waals surface area contributed by atoms with Crippen LogP contribution in [-0.4, -0.2) is 37.4 Å². The Labute approximate surface area is 109 Å². The van der Waals surface area contributed by atoms with Gasteiger partial charge in [0.2, 0.25) is 0 Å². The van der Waals surface area contributed by atoms with Gasteiger partial charge in [0.05, 0.1) is 20.6 Å². The first-order chi connectivity index (χ1) is 9.04. The second-order valence-corrected chi connectivity index (χ2v) is 4.15. The molecular weight excluding hydrogens is 252 g/mol. The molecule has 1 aliphatic heterocycles. The van der Waals surface area contributed by atoms with Crippen LogP contribution < -0.4 is 4.74 Å². The minimum Gasteiger partial charge on any atom is -0.497 e. The summed E-state index contributed by atoms with van der Waals surface area (Å²) in [6, 6.07) is 6.33. The van der Waals surface area contributed by atoms with Gasteiger partial charge in [0, 0.05) is 5.56 Å². The number of benzene rings is 1. The van der Waals surface area contributed by atoms with Gasteiger partial charge in [-0.15, -0.1) is 0 Å². The first kappa shape index (κ1) is 13.4. The molecule has 0 spiro atoms. The third-order valence-electron chi connectivity index (χ3n) is 3.11. The number of ether oxygens (including phenoxy) is 3. The number of aliphatic hydroxyl groups is 1. The number of cyclic esters (lactones) is 1. The fourth-order valence-corrected chi connectivity index (χ4v) is 2.13. The van der Waals surface area contributed by atoms with Crippen molar-refractivity contribution in [3.05, 3.63) is 29.8 Å². The molecule has 1 fully saturated rings. The lowest BCUT2D eigenvalue weighted by molar-refractivity contribution is -0.180. The molecular formula is C13H14O6. The molecule has 0 radical (unpaired) electrons. The van der Waals surface area contributed by atoms with Crippen molar-refractivity contribution >= 4 is 11.9 Å². The van der Waals surface area contributed by atoms with Gasteiger partial charge in [-0.25, -0.2) is 4.79 Å². The summed E-state index contributed by atoms with van der Waals surface area (Å²) in [4.78, 5) is 23.3. The van der Waals surface area contributed by atoms with E-state index in [2.05, 4.69) is 4.74 Å². The van der Waals surface area contributed by atoms with Crippen molar-refractivity contribution in [2.45, 2.75) is 18.1 Å². The van der Waals surface area contributed by atoms with Crippen LogP contribution in [-0.2, 0) is 24.7 Å². The summed E-state index contributed by atoms with van der Waals surface area (Å²) >= 11 is 0. The maximum Gasteiger partial charge on any atom is 0.357 e. The number of aliphatic hydroxyl groups excluding tert-OH is 1. The van der Waals surface area contributed by atoms with Crippen molar-refractivity contribution in [2.75, 3.05) is 14.2 Å². The number of carbonyl (C=O) groups excluding carboxylic acids is 2. The number of carbonyl (C=O) groups is 2. The quantitative estimate of drug-likeness (QED) is 0.796. The van der Waals surface area contributed by atoms with E-state index < -0.39 is 23.6 Å². The van der Waals surface area contributed by atoms with E-state index >= 15 is 0 Å². The van der Waals surface area contributed by atoms with Crippen LogP contribution >= 0.6 is 0 Å². The predicted octanol–water partition coefficient (Wildman–Crippen LogP) is 0.371. The highest BCUT2D eigenvalue weighted by Gasteiger charge is 2.57. The number of methoxy groups -OCH3 is 2. The Balaban J connectivity index is 2.48. The number of hydrogen-bond acceptors (Lipinski definition) is 6. The Morgan fingerprint density at radius 1 is 1.37 bits per heavy atom. The van der Waals surface area contributed by atoms with Crippen LogP contribution in [0.4, 0.5) is 0 Å². The fraction of sp³-hybridized carbons (Fsp3) is 0.385. The van der Waals surface area contributed by atoms with Crippen LogP contribution in [0.1, 0.15) is 12.0 Å². The average molecular weight is 266 g/mol. The van der Waals surface area contributed by atoms with E-state index in [1.807, 2.05) is 0 Å². The minimum absolute atomic E-state index is 0.249. The zero-order chi connectivity index (χ0) is 14.0. The van der Waals surface area contributed by atoms with E-state index in [1.165, 1.54) is 14.2 Å². The van der Waals surface area contributed by atoms with E-state index in [1.54, 1.807) is 24.3 Å². The van der Waals surface area contributed by atoms with Gasteiger partial charge in [0.25, 0.3) is 5.60 Å². The van der Waals surface area contributed by atoms with Gasteiger partial charge in [-0.2, -0.15) is 0 Å². The first-order valence-electron chi connectivity index (χ1n) is 5.67. The molecule has 19 heavy (non-hydrogen) atoms. The van der Waals surface area contributed by atoms with E-state index in [9.17, 15) is 14.7 Å². The lowest BCUT2D eigenvalue weighted by Gasteiger charge is -2.28. The number of hydrogen-bond donors (Lipinski definition) is 1. The smallest absolute Gasteiger partial charge is 0.357 e. The predicted molar refractivity (Wildman–Crippen MR) is 63.4 cm³/mol. The third kappa shape index (κ3) is 2.04. The Morgan fingerprint density at radius 3 is 2.42 bits per heavy atom. The highest BCUT2D eigenvalue weighted by atomic mass is 16.6. The summed E-state index contributed by atoms with van der Waals surface area (Å²) in [7, 11) is 2.68. The summed E-state index contributed by atoms with van der Waals surface area (Å²) in [6.45, 7) is 0. The van der Waals surface area contributed by atoms with Crippen molar-refractivity contribution in [3.8, 4) is 5.75 Å². The molecule has 2 rings (SSSR count). The number of esters is 2. The van der Waals surface area contributed by atoms with Gasteiger partial charge in [-0.3, -0.25) is 4.79 Å². The molecule has 6 nitrogen and oxygen atoms in total. The van der Waals surface area contributed by atoms with E-state index in [-0.39, 0.29) is 6.42 Å². The van der Waals surface area contributed by atoms with Gasteiger partial charge < -0.3 is 19.3 Å². The normalized spacial score (nSPS) is 25.8. The molecule has 1 N–H and O–H groups in total. The summed E-state index contributed by atoms with van der Waals surface area (Å²) < 4.78 is 14.7. The molecule has 1 aromatic carbocycles. The van der Waals surface area contributed by atoms with Crippen LogP contribution in [0.3, 0.4) is 0 Å². The molecule has 0 aromatic heterocycles. The molecule has 1 aromatic rings. The lowest BCUT2D eigenvalue weighted by Crippen LogP contribution is -2.45. The number of rotatable bonds is 3. The van der Waals surface area contributed by atoms with Crippen molar-refractivity contribution in [1.82, 2.24) is 0 Å². The summed E-state index contributed by atoms with van der Waals surface area (Å²) in [5.41, 5.74) is -1.45. The second-order valence-electron chi connectivity index (χ2n) is 4.15. The molecule has 2 unspecified atom stereocenters. The first-order valence-corrected chi connectivity index (χ1v) is 5.67. The topological polar surface area (TPSA) is 82.1 Å². The van der Waals surface area contributed by atoms with Gasteiger partial charge in [-0.1, -0.05) is 12.1 Å². The minimum atomic E-state index is -1.79. The van der Waals surface area contributed by atoms with Gasteiger partial charge in [0.1, 0.15) is 11.9 Å². The Bertz CT molecular complexity index is 494. The lowest BCUT2D eigenvalue weighted by atomic mass is 9.88. The maximum absolute atomic E-state index is 12.0. The van der Waals surface area contributed by atoms with Crippen LogP contribution in [0, 0.1) is 0 Å². The van der Waals surface area contributed by atoms with E-state index in [0.29, 0.717) is 11.3 Å². The second kappa shape index (κ2) is 4.89. The Kier molecular flexibility index (Phi) is 3.44. The summed E-state index contributed by atoms with van der Waals surface area (Å²) in [6.07, 6.45) is -1.53. The van der Waals surface area contributed by atoms with Gasteiger partial charge in [-0.05, 0) is 12.1 Å². The zero-order valence-electron chi connectivity index (χ0n) is 10.6. The molecule has 0 bridgehead atoms. The standard InChI is InChI=1S/C13H14O6/c1-17-9-5-3-8(4-6-9)13(12(16)18-2)10(14)7-11(15)19-13/h3-6,10,14H,7H2,1-2H3. The highest BCUT2D eigenvalue weighted by Crippen LogP contribution is 2.38. The molecule has 102 valence electrons. The average Bonchev–Trinajstić information content (AvgIpc) is 2.73. The molecule has 1 saturated heterocycles. The Morgan fingerprint density at radius 2 is 2.00 bits per heavy atom. The zero-order valence-corrected chi connectivity index (χ0v) is 10.6. The Hall–Kier alpha value is -2.08. The molecule has 6 heteroatoms. The van der Waals surface area contributed by atoms with Gasteiger partial charge in [0.15, 0.2) is 0 Å². The van der Waals surface area contributed by atoms with Gasteiger partial charge >= 0.3 is 11.9 Å². The molecule has 2 atom stereocenters. The van der Waals surface area contributed by atoms with E-state index in [0.717, 1.165) is 0 Å². The third-order valence-corrected chi connectivity index (χ3v) is 3.11. The van der Waals surface area contributed by atoms with E-state index in [4.69, 9.17) is 9.47 Å². The van der Waals surface area contributed by atoms with Crippen molar-refractivity contribution < 1.29 is 28.9 Å². The fourth-order valence-electron chi connectivity index (χ4n) is 2.13. The largest absolute Gasteiger partial charge is 0.497 e. The van der Waals surface area contributed by atoms with Crippen LogP contribution in [0.25, 0.3) is 0 Å². The highest BCUT2D eigenvalue weighted by molar-refractivity contribution is 5.89. The monoisotopic (exact) mass is 266 g/mol. The summed E-state index contributed by atoms with van der Waals surface area (Å²) in [5.74, 6) is -0.868. The van der Waals surface area contributed by atoms with Crippen molar-refractivity contribution in [1.29, 1.82) is 0 Å². The van der Waals surface area contributed by atoms with Crippen LogP contribution in [0.5, 0.6) is 5.75 Å². The molecule has 0 aliphatic carbocycles. The van der Waals surface area contributed by atoms with Crippen molar-refractivity contribution in [3.63, 3.8) is 0 Å².